The highest BCUT2D eigenvalue weighted by atomic mass is 35.5. The smallest absolute Gasteiger partial charge is 0.129 e. The molecule has 4 heteroatoms. The molecule has 0 aromatic carbocycles. The Balaban J connectivity index is 2.22. The van der Waals surface area contributed by atoms with Crippen molar-refractivity contribution in [2.75, 3.05) is 31.1 Å². The number of hydrogen-bond acceptors (Lipinski definition) is 3. The van der Waals surface area contributed by atoms with Crippen molar-refractivity contribution >= 4 is 17.4 Å². The Bertz CT molecular complexity index is 447. The molecule has 1 atom stereocenters. The summed E-state index contributed by atoms with van der Waals surface area (Å²) in [5, 5.41) is 0. The van der Waals surface area contributed by atoms with Crippen LogP contribution in [0.1, 0.15) is 44.9 Å². The summed E-state index contributed by atoms with van der Waals surface area (Å²) in [7, 11) is 0. The number of likely N-dealkylation sites (N-methyl/N-ethyl adjacent to an activating group) is 1. The van der Waals surface area contributed by atoms with Gasteiger partial charge in [-0.05, 0) is 37.1 Å². The van der Waals surface area contributed by atoms with Gasteiger partial charge in [-0.1, -0.05) is 20.8 Å². The first kappa shape index (κ1) is 15.6. The van der Waals surface area contributed by atoms with Gasteiger partial charge < -0.3 is 4.90 Å². The second kappa shape index (κ2) is 6.77. The quantitative estimate of drug-likeness (QED) is 0.793. The van der Waals surface area contributed by atoms with Crippen molar-refractivity contribution in [1.29, 1.82) is 0 Å². The molecule has 0 aliphatic carbocycles. The Labute approximate surface area is 127 Å². The molecule has 1 fully saturated rings. The van der Waals surface area contributed by atoms with Gasteiger partial charge in [-0.15, -0.1) is 11.6 Å². The summed E-state index contributed by atoms with van der Waals surface area (Å²) in [5.74, 6) is 2.08. The van der Waals surface area contributed by atoms with E-state index in [1.165, 1.54) is 5.56 Å². The van der Waals surface area contributed by atoms with Crippen molar-refractivity contribution in [2.24, 2.45) is 0 Å². The summed E-state index contributed by atoms with van der Waals surface area (Å²) in [5.41, 5.74) is 2.31. The van der Waals surface area contributed by atoms with Crippen LogP contribution < -0.4 is 4.90 Å². The molecule has 1 aromatic rings. The first-order valence-electron chi connectivity index (χ1n) is 7.61. The number of hydrogen-bond donors (Lipinski definition) is 0. The normalized spacial score (nSPS) is 20.7. The first-order valence-corrected chi connectivity index (χ1v) is 8.14. The molecule has 0 bridgehead atoms. The van der Waals surface area contributed by atoms with Crippen LogP contribution in [0, 0.1) is 0 Å². The van der Waals surface area contributed by atoms with Crippen molar-refractivity contribution in [3.8, 4) is 0 Å². The van der Waals surface area contributed by atoms with E-state index in [0.717, 1.165) is 37.7 Å². The number of alkyl halides is 1. The van der Waals surface area contributed by atoms with E-state index in [2.05, 4.69) is 49.6 Å². The topological polar surface area (TPSA) is 19.4 Å². The molecule has 0 spiro atoms. The maximum atomic E-state index is 6.03. The van der Waals surface area contributed by atoms with Crippen LogP contribution in [-0.2, 0) is 5.88 Å². The molecule has 1 aromatic heterocycles. The molecule has 0 amide bonds. The van der Waals surface area contributed by atoms with Crippen LogP contribution in [0.4, 0.5) is 5.82 Å². The Morgan fingerprint density at radius 1 is 1.35 bits per heavy atom. The second-order valence-corrected chi connectivity index (χ2v) is 6.24. The molecular weight excluding hydrogens is 270 g/mol. The van der Waals surface area contributed by atoms with Gasteiger partial charge in [0, 0.05) is 37.3 Å². The first-order chi connectivity index (χ1) is 9.55. The molecule has 3 nitrogen and oxygen atoms in total. The van der Waals surface area contributed by atoms with E-state index in [9.17, 15) is 0 Å². The molecule has 1 saturated heterocycles. The number of pyridine rings is 1. The van der Waals surface area contributed by atoms with Crippen molar-refractivity contribution in [3.63, 3.8) is 0 Å². The number of halogens is 1. The van der Waals surface area contributed by atoms with Gasteiger partial charge in [0.15, 0.2) is 0 Å². The van der Waals surface area contributed by atoms with E-state index in [-0.39, 0.29) is 0 Å². The van der Waals surface area contributed by atoms with Crippen molar-refractivity contribution < 1.29 is 0 Å². The Kier molecular flexibility index (Phi) is 5.28. The van der Waals surface area contributed by atoms with E-state index < -0.39 is 0 Å². The molecule has 0 saturated carbocycles. The highest BCUT2D eigenvalue weighted by molar-refractivity contribution is 6.17. The molecule has 20 heavy (non-hydrogen) atoms. The van der Waals surface area contributed by atoms with Crippen molar-refractivity contribution in [3.05, 3.63) is 23.4 Å². The molecule has 1 unspecified atom stereocenters. The molecule has 112 valence electrons. The Morgan fingerprint density at radius 2 is 2.10 bits per heavy atom. The lowest BCUT2D eigenvalue weighted by Gasteiger charge is -2.40. The minimum Gasteiger partial charge on any atom is -0.354 e. The molecule has 0 radical (unpaired) electrons. The number of rotatable bonds is 4. The molecule has 0 N–H and O–H groups in total. The van der Waals surface area contributed by atoms with Gasteiger partial charge in [0.2, 0.25) is 0 Å². The van der Waals surface area contributed by atoms with Gasteiger partial charge >= 0.3 is 0 Å². The lowest BCUT2D eigenvalue weighted by Crippen LogP contribution is -2.52. The van der Waals surface area contributed by atoms with Crippen LogP contribution in [0.15, 0.2) is 12.1 Å². The number of nitrogens with zero attached hydrogens (tertiary/aromatic N) is 3. The van der Waals surface area contributed by atoms with Crippen molar-refractivity contribution in [2.45, 2.75) is 45.5 Å². The van der Waals surface area contributed by atoms with Gasteiger partial charge in [0.1, 0.15) is 5.82 Å². The molecule has 1 aliphatic heterocycles. The van der Waals surface area contributed by atoms with Gasteiger partial charge in [-0.3, -0.25) is 4.90 Å². The predicted molar refractivity (Wildman–Crippen MR) is 86.8 cm³/mol. The number of piperazine rings is 1. The maximum absolute atomic E-state index is 6.03. The zero-order valence-corrected chi connectivity index (χ0v) is 13.8. The third-order valence-electron chi connectivity index (χ3n) is 4.13. The zero-order valence-electron chi connectivity index (χ0n) is 13.1. The van der Waals surface area contributed by atoms with E-state index >= 15 is 0 Å². The summed E-state index contributed by atoms with van der Waals surface area (Å²) in [4.78, 5) is 9.76. The zero-order chi connectivity index (χ0) is 14.7. The Hall–Kier alpha value is -0.800. The fourth-order valence-electron chi connectivity index (χ4n) is 2.80. The van der Waals surface area contributed by atoms with Crippen LogP contribution in [0.2, 0.25) is 0 Å². The summed E-state index contributed by atoms with van der Waals surface area (Å²) in [6.45, 7) is 13.2. The average molecular weight is 296 g/mol. The van der Waals surface area contributed by atoms with E-state index in [4.69, 9.17) is 16.6 Å². The van der Waals surface area contributed by atoms with Crippen LogP contribution in [-0.4, -0.2) is 42.1 Å². The lowest BCUT2D eigenvalue weighted by atomic mass is 10.1. The largest absolute Gasteiger partial charge is 0.354 e. The van der Waals surface area contributed by atoms with E-state index in [1.807, 2.05) is 0 Å². The third-order valence-corrected chi connectivity index (χ3v) is 4.44. The SMILES string of the molecule is CCN1CCN(c2cc(CCl)cc(C(C)C)n2)CC1C. The fourth-order valence-corrected chi connectivity index (χ4v) is 2.96. The number of anilines is 1. The highest BCUT2D eigenvalue weighted by Crippen LogP contribution is 2.23. The molecule has 1 aliphatic rings. The lowest BCUT2D eigenvalue weighted by molar-refractivity contribution is 0.199. The molecule has 2 rings (SSSR count). The van der Waals surface area contributed by atoms with Gasteiger partial charge in [-0.2, -0.15) is 0 Å². The number of aromatic nitrogens is 1. The Morgan fingerprint density at radius 3 is 2.65 bits per heavy atom. The maximum Gasteiger partial charge on any atom is 0.129 e. The minimum absolute atomic E-state index is 0.436. The average Bonchev–Trinajstić information content (AvgIpc) is 2.46. The summed E-state index contributed by atoms with van der Waals surface area (Å²) in [6.07, 6.45) is 0. The summed E-state index contributed by atoms with van der Waals surface area (Å²) >= 11 is 6.03. The summed E-state index contributed by atoms with van der Waals surface area (Å²) < 4.78 is 0. The molecular formula is C16H26ClN3. The van der Waals surface area contributed by atoms with Gasteiger partial charge in [0.05, 0.1) is 0 Å². The van der Waals surface area contributed by atoms with Gasteiger partial charge in [-0.25, -0.2) is 4.98 Å². The fraction of sp³-hybridized carbons (Fsp3) is 0.688. The van der Waals surface area contributed by atoms with Crippen LogP contribution in [0.3, 0.4) is 0 Å². The molecule has 2 heterocycles. The summed E-state index contributed by atoms with van der Waals surface area (Å²) in [6, 6.07) is 4.86. The monoisotopic (exact) mass is 295 g/mol. The van der Waals surface area contributed by atoms with Crippen molar-refractivity contribution in [1.82, 2.24) is 9.88 Å². The third kappa shape index (κ3) is 3.44. The minimum atomic E-state index is 0.436. The van der Waals surface area contributed by atoms with Crippen LogP contribution in [0.25, 0.3) is 0 Å². The van der Waals surface area contributed by atoms with E-state index in [0.29, 0.717) is 17.8 Å². The second-order valence-electron chi connectivity index (χ2n) is 5.97. The van der Waals surface area contributed by atoms with E-state index in [1.54, 1.807) is 0 Å². The standard InChI is InChI=1S/C16H26ClN3/c1-5-19-6-7-20(11-13(19)4)16-9-14(10-17)8-15(18-16)12(2)3/h8-9,12-13H,5-7,10-11H2,1-4H3. The van der Waals surface area contributed by atoms with Crippen LogP contribution >= 0.6 is 11.6 Å². The van der Waals surface area contributed by atoms with Gasteiger partial charge in [0.25, 0.3) is 0 Å². The highest BCUT2D eigenvalue weighted by Gasteiger charge is 2.23. The van der Waals surface area contributed by atoms with Crippen LogP contribution in [0.5, 0.6) is 0 Å². The predicted octanol–water partition coefficient (Wildman–Crippen LogP) is 3.47.